The number of nitrogens with one attached hydrogen (secondary N) is 2. The van der Waals surface area contributed by atoms with Gasteiger partial charge in [0.05, 0.1) is 12.8 Å². The first-order chi connectivity index (χ1) is 11.7. The van der Waals surface area contributed by atoms with Gasteiger partial charge in [-0.05, 0) is 25.0 Å². The van der Waals surface area contributed by atoms with Crippen LogP contribution in [0.5, 0.6) is 5.88 Å². The van der Waals surface area contributed by atoms with Gasteiger partial charge in [-0.15, -0.1) is 5.10 Å². The normalized spacial score (nSPS) is 13.4. The summed E-state index contributed by atoms with van der Waals surface area (Å²) in [5.41, 5.74) is 1.12. The summed E-state index contributed by atoms with van der Waals surface area (Å²) in [6.07, 6.45) is 2.36. The molecule has 1 heterocycles. The van der Waals surface area contributed by atoms with Crippen molar-refractivity contribution < 1.29 is 14.3 Å². The van der Waals surface area contributed by atoms with Crippen molar-refractivity contribution in [1.82, 2.24) is 20.4 Å². The van der Waals surface area contributed by atoms with E-state index < -0.39 is 0 Å². The summed E-state index contributed by atoms with van der Waals surface area (Å²) >= 11 is 0. The number of hydrogen-bond donors (Lipinski definition) is 2. The lowest BCUT2D eigenvalue weighted by atomic mass is 10.3. The number of para-hydroxylation sites is 1. The number of benzene rings is 1. The highest BCUT2D eigenvalue weighted by Gasteiger charge is 2.23. The van der Waals surface area contributed by atoms with E-state index in [4.69, 9.17) is 4.74 Å². The number of aromatic nitrogens is 2. The lowest BCUT2D eigenvalue weighted by Gasteiger charge is -2.08. The predicted octanol–water partition coefficient (Wildman–Crippen LogP) is 1.28. The third-order valence-corrected chi connectivity index (χ3v) is 3.71. The van der Waals surface area contributed by atoms with Crippen LogP contribution in [0, 0.1) is 0 Å². The first-order valence-electron chi connectivity index (χ1n) is 7.94. The summed E-state index contributed by atoms with van der Waals surface area (Å²) < 4.78 is 6.65. The molecule has 1 aromatic carbocycles. The summed E-state index contributed by atoms with van der Waals surface area (Å²) in [7, 11) is 1.50. The Bertz CT molecular complexity index is 723. The van der Waals surface area contributed by atoms with E-state index in [0.717, 1.165) is 18.5 Å². The summed E-state index contributed by atoms with van der Waals surface area (Å²) in [6, 6.07) is 11.2. The molecule has 0 aliphatic heterocycles. The van der Waals surface area contributed by atoms with E-state index in [2.05, 4.69) is 15.7 Å². The number of ether oxygens (including phenoxy) is 1. The topological polar surface area (TPSA) is 85.2 Å². The highest BCUT2D eigenvalue weighted by molar-refractivity contribution is 5.93. The number of carbonyl (C=O) groups is 2. The molecule has 126 valence electrons. The number of amides is 2. The predicted molar refractivity (Wildman–Crippen MR) is 88.2 cm³/mol. The number of carbonyl (C=O) groups excluding carboxylic acids is 2. The van der Waals surface area contributed by atoms with Gasteiger partial charge < -0.3 is 15.4 Å². The zero-order valence-corrected chi connectivity index (χ0v) is 13.5. The minimum atomic E-state index is -0.297. The fourth-order valence-corrected chi connectivity index (χ4v) is 2.29. The Morgan fingerprint density at radius 3 is 2.71 bits per heavy atom. The third-order valence-electron chi connectivity index (χ3n) is 3.71. The van der Waals surface area contributed by atoms with Gasteiger partial charge in [-0.3, -0.25) is 9.59 Å². The van der Waals surface area contributed by atoms with Gasteiger partial charge in [-0.1, -0.05) is 18.2 Å². The number of hydrogen-bond acceptors (Lipinski definition) is 4. The van der Waals surface area contributed by atoms with Crippen LogP contribution in [0.15, 0.2) is 36.4 Å². The summed E-state index contributed by atoms with van der Waals surface area (Å²) in [5.74, 6) is 0.0244. The summed E-state index contributed by atoms with van der Waals surface area (Å²) in [4.78, 5) is 24.1. The summed E-state index contributed by atoms with van der Waals surface area (Å²) in [6.45, 7) is 0.277. The van der Waals surface area contributed by atoms with Gasteiger partial charge in [0, 0.05) is 25.1 Å². The molecule has 1 aromatic heterocycles. The lowest BCUT2D eigenvalue weighted by molar-refractivity contribution is -0.121. The molecule has 0 unspecified atom stereocenters. The number of methoxy groups -OCH3 is 1. The molecule has 1 aliphatic carbocycles. The standard InChI is InChI=1S/C17H20N4O3/c1-24-16-11-14(21(20-16)13-5-3-2-4-6-13)17(23)18-10-9-15(22)19-12-7-8-12/h2-6,11-12H,7-10H2,1H3,(H,18,23)(H,19,22). The molecule has 7 nitrogen and oxygen atoms in total. The van der Waals surface area contributed by atoms with Crippen LogP contribution in [0.25, 0.3) is 5.69 Å². The van der Waals surface area contributed by atoms with E-state index in [9.17, 15) is 9.59 Å². The molecule has 7 heteroatoms. The molecule has 24 heavy (non-hydrogen) atoms. The van der Waals surface area contributed by atoms with Crippen molar-refractivity contribution >= 4 is 11.8 Å². The van der Waals surface area contributed by atoms with E-state index in [0.29, 0.717) is 17.6 Å². The van der Waals surface area contributed by atoms with Crippen molar-refractivity contribution in [2.75, 3.05) is 13.7 Å². The van der Waals surface area contributed by atoms with Gasteiger partial charge >= 0.3 is 0 Å². The second-order valence-corrected chi connectivity index (χ2v) is 5.67. The molecule has 1 saturated carbocycles. The monoisotopic (exact) mass is 328 g/mol. The zero-order valence-electron chi connectivity index (χ0n) is 13.5. The molecule has 0 saturated heterocycles. The molecule has 2 amide bonds. The molecule has 0 bridgehead atoms. The minimum absolute atomic E-state index is 0.0352. The van der Waals surface area contributed by atoms with Crippen molar-refractivity contribution in [3.63, 3.8) is 0 Å². The van der Waals surface area contributed by atoms with Crippen molar-refractivity contribution in [2.45, 2.75) is 25.3 Å². The van der Waals surface area contributed by atoms with Gasteiger partial charge in [0.25, 0.3) is 5.91 Å². The molecular formula is C17H20N4O3. The Morgan fingerprint density at radius 2 is 2.04 bits per heavy atom. The van der Waals surface area contributed by atoms with Gasteiger partial charge in [-0.25, -0.2) is 4.68 Å². The van der Waals surface area contributed by atoms with Crippen LogP contribution in [0.4, 0.5) is 0 Å². The fourth-order valence-electron chi connectivity index (χ4n) is 2.29. The maximum absolute atomic E-state index is 12.4. The van der Waals surface area contributed by atoms with Gasteiger partial charge in [0.1, 0.15) is 5.69 Å². The Hall–Kier alpha value is -2.83. The second kappa shape index (κ2) is 7.16. The first-order valence-corrected chi connectivity index (χ1v) is 7.94. The van der Waals surface area contributed by atoms with E-state index >= 15 is 0 Å². The maximum atomic E-state index is 12.4. The largest absolute Gasteiger partial charge is 0.480 e. The van der Waals surface area contributed by atoms with Crippen molar-refractivity contribution in [3.05, 3.63) is 42.1 Å². The molecule has 0 radical (unpaired) electrons. The van der Waals surface area contributed by atoms with Crippen LogP contribution in [0.1, 0.15) is 29.8 Å². The Balaban J connectivity index is 1.65. The smallest absolute Gasteiger partial charge is 0.270 e. The maximum Gasteiger partial charge on any atom is 0.270 e. The SMILES string of the molecule is COc1cc(C(=O)NCCC(=O)NC2CC2)n(-c2ccccc2)n1. The molecule has 1 aliphatic rings. The van der Waals surface area contributed by atoms with E-state index in [1.807, 2.05) is 30.3 Å². The van der Waals surface area contributed by atoms with Crippen molar-refractivity contribution in [3.8, 4) is 11.6 Å². The number of nitrogens with zero attached hydrogens (tertiary/aromatic N) is 2. The molecule has 0 spiro atoms. The van der Waals surface area contributed by atoms with Crippen LogP contribution in [-0.4, -0.2) is 41.3 Å². The van der Waals surface area contributed by atoms with Crippen LogP contribution in [0.3, 0.4) is 0 Å². The Kier molecular flexibility index (Phi) is 4.79. The Labute approximate surface area is 140 Å². The van der Waals surface area contributed by atoms with E-state index in [1.54, 1.807) is 6.07 Å². The zero-order chi connectivity index (χ0) is 16.9. The summed E-state index contributed by atoms with van der Waals surface area (Å²) in [5, 5.41) is 9.91. The lowest BCUT2D eigenvalue weighted by Crippen LogP contribution is -2.32. The van der Waals surface area contributed by atoms with Crippen LogP contribution in [0.2, 0.25) is 0 Å². The van der Waals surface area contributed by atoms with Gasteiger partial charge in [-0.2, -0.15) is 0 Å². The van der Waals surface area contributed by atoms with Crippen molar-refractivity contribution in [2.24, 2.45) is 0 Å². The highest BCUT2D eigenvalue weighted by Crippen LogP contribution is 2.19. The molecule has 1 fully saturated rings. The van der Waals surface area contributed by atoms with Crippen LogP contribution < -0.4 is 15.4 Å². The highest BCUT2D eigenvalue weighted by atomic mass is 16.5. The second-order valence-electron chi connectivity index (χ2n) is 5.67. The van der Waals surface area contributed by atoms with Crippen molar-refractivity contribution in [1.29, 1.82) is 0 Å². The Morgan fingerprint density at radius 1 is 1.29 bits per heavy atom. The van der Waals surface area contributed by atoms with E-state index in [-0.39, 0.29) is 24.8 Å². The fraction of sp³-hybridized carbons (Fsp3) is 0.353. The third kappa shape index (κ3) is 3.92. The minimum Gasteiger partial charge on any atom is -0.480 e. The average molecular weight is 328 g/mol. The van der Waals surface area contributed by atoms with E-state index in [1.165, 1.54) is 11.8 Å². The molecular weight excluding hydrogens is 308 g/mol. The average Bonchev–Trinajstić information content (AvgIpc) is 3.29. The van der Waals surface area contributed by atoms with Crippen LogP contribution >= 0.6 is 0 Å². The first kappa shape index (κ1) is 16.0. The quantitative estimate of drug-likeness (QED) is 0.802. The molecule has 2 aromatic rings. The number of rotatable bonds is 7. The van der Waals surface area contributed by atoms with Gasteiger partial charge in [0.2, 0.25) is 11.8 Å². The van der Waals surface area contributed by atoms with Crippen LogP contribution in [-0.2, 0) is 4.79 Å². The molecule has 2 N–H and O–H groups in total. The molecule has 0 atom stereocenters. The molecule has 3 rings (SSSR count). The van der Waals surface area contributed by atoms with Gasteiger partial charge in [0.15, 0.2) is 0 Å².